The molecule has 1 aliphatic heterocycles. The van der Waals surface area contributed by atoms with Crippen LogP contribution in [0.15, 0.2) is 12.3 Å². The normalized spacial score (nSPS) is 25.2. The molecule has 4 heteroatoms. The quantitative estimate of drug-likeness (QED) is 0.664. The first-order valence-electron chi connectivity index (χ1n) is 5.03. The second-order valence-electron chi connectivity index (χ2n) is 4.11. The molecule has 1 rings (SSSR count). The number of hydrogen-bond donors (Lipinski definition) is 0. The standard InChI is InChI=1S/C9H20O2Si2/c1-4-13(2,3)11-12-9-7-5-6-8-10-9/h4,9H,1,5-8,12H2,2-3H3. The minimum absolute atomic E-state index is 0.473. The van der Waals surface area contributed by atoms with E-state index in [1.807, 2.05) is 5.70 Å². The van der Waals surface area contributed by atoms with Gasteiger partial charge in [-0.3, -0.25) is 0 Å². The van der Waals surface area contributed by atoms with Gasteiger partial charge < -0.3 is 8.85 Å². The second-order valence-corrected chi connectivity index (χ2v) is 10.1. The summed E-state index contributed by atoms with van der Waals surface area (Å²) in [5, 5.41) is 0. The Morgan fingerprint density at radius 2 is 2.31 bits per heavy atom. The van der Waals surface area contributed by atoms with Crippen LogP contribution in [0.2, 0.25) is 13.1 Å². The Bertz CT molecular complexity index is 165. The molecule has 0 saturated carbocycles. The van der Waals surface area contributed by atoms with E-state index in [1.165, 1.54) is 19.3 Å². The summed E-state index contributed by atoms with van der Waals surface area (Å²) < 4.78 is 11.6. The van der Waals surface area contributed by atoms with E-state index in [0.717, 1.165) is 6.61 Å². The van der Waals surface area contributed by atoms with Gasteiger partial charge in [-0.05, 0) is 32.4 Å². The molecule has 1 heterocycles. The summed E-state index contributed by atoms with van der Waals surface area (Å²) in [6, 6.07) is 0. The number of rotatable bonds is 4. The zero-order valence-corrected chi connectivity index (χ0v) is 11.1. The molecule has 0 spiro atoms. The molecule has 0 aliphatic carbocycles. The van der Waals surface area contributed by atoms with Gasteiger partial charge in [0.1, 0.15) is 0 Å². The molecule has 0 aromatic heterocycles. The van der Waals surface area contributed by atoms with Crippen LogP contribution in [0.25, 0.3) is 0 Å². The van der Waals surface area contributed by atoms with Crippen molar-refractivity contribution < 1.29 is 8.85 Å². The summed E-state index contributed by atoms with van der Waals surface area (Å²) in [7, 11) is -2.00. The first-order valence-corrected chi connectivity index (χ1v) is 9.41. The molecule has 2 nitrogen and oxygen atoms in total. The van der Waals surface area contributed by atoms with E-state index in [9.17, 15) is 0 Å². The maximum atomic E-state index is 5.95. The highest BCUT2D eigenvalue weighted by molar-refractivity contribution is 6.79. The van der Waals surface area contributed by atoms with Gasteiger partial charge in [-0.15, -0.1) is 6.58 Å². The van der Waals surface area contributed by atoms with Crippen molar-refractivity contribution in [1.82, 2.24) is 0 Å². The molecular weight excluding hydrogens is 196 g/mol. The molecule has 0 amide bonds. The molecule has 0 aromatic rings. The van der Waals surface area contributed by atoms with E-state index in [2.05, 4.69) is 19.7 Å². The van der Waals surface area contributed by atoms with Crippen LogP contribution in [0.1, 0.15) is 19.3 Å². The lowest BCUT2D eigenvalue weighted by Crippen LogP contribution is -2.36. The first-order chi connectivity index (χ1) is 6.14. The fraction of sp³-hybridized carbons (Fsp3) is 0.778. The Hall–Kier alpha value is 0.0938. The summed E-state index contributed by atoms with van der Waals surface area (Å²) >= 11 is 0. The Morgan fingerprint density at radius 1 is 1.54 bits per heavy atom. The van der Waals surface area contributed by atoms with Crippen molar-refractivity contribution in [2.75, 3.05) is 6.61 Å². The molecule has 1 aliphatic rings. The van der Waals surface area contributed by atoms with Gasteiger partial charge >= 0.3 is 0 Å². The Kier molecular flexibility index (Phi) is 4.38. The molecule has 1 unspecified atom stereocenters. The molecular formula is C9H20O2Si2. The van der Waals surface area contributed by atoms with Crippen molar-refractivity contribution in [1.29, 1.82) is 0 Å². The molecule has 13 heavy (non-hydrogen) atoms. The predicted molar refractivity (Wildman–Crippen MR) is 60.9 cm³/mol. The molecule has 1 atom stereocenters. The van der Waals surface area contributed by atoms with E-state index in [-0.39, 0.29) is 0 Å². The topological polar surface area (TPSA) is 18.5 Å². The molecule has 0 radical (unpaired) electrons. The van der Waals surface area contributed by atoms with Crippen molar-refractivity contribution in [3.8, 4) is 0 Å². The van der Waals surface area contributed by atoms with Gasteiger partial charge in [0.15, 0.2) is 18.1 Å². The average molecular weight is 216 g/mol. The van der Waals surface area contributed by atoms with Crippen LogP contribution >= 0.6 is 0 Å². The van der Waals surface area contributed by atoms with Crippen LogP contribution in [0, 0.1) is 0 Å². The second kappa shape index (κ2) is 5.09. The van der Waals surface area contributed by atoms with Crippen LogP contribution in [-0.2, 0) is 8.85 Å². The van der Waals surface area contributed by atoms with Crippen molar-refractivity contribution in [2.24, 2.45) is 0 Å². The summed E-state index contributed by atoms with van der Waals surface area (Å²) in [5.41, 5.74) is 2.48. The van der Waals surface area contributed by atoms with Gasteiger partial charge in [-0.25, -0.2) is 0 Å². The Labute approximate surface area is 84.4 Å². The third kappa shape index (κ3) is 4.22. The molecule has 1 fully saturated rings. The van der Waals surface area contributed by atoms with E-state index < -0.39 is 18.1 Å². The van der Waals surface area contributed by atoms with Crippen molar-refractivity contribution in [3.63, 3.8) is 0 Å². The van der Waals surface area contributed by atoms with Crippen molar-refractivity contribution >= 4 is 18.1 Å². The van der Waals surface area contributed by atoms with Crippen LogP contribution in [0.5, 0.6) is 0 Å². The minimum Gasteiger partial charge on any atom is -0.455 e. The smallest absolute Gasteiger partial charge is 0.197 e. The van der Waals surface area contributed by atoms with Crippen LogP contribution in [0.3, 0.4) is 0 Å². The Balaban J connectivity index is 2.20. The maximum Gasteiger partial charge on any atom is 0.197 e. The lowest BCUT2D eigenvalue weighted by molar-refractivity contribution is 0.0596. The average Bonchev–Trinajstić information content (AvgIpc) is 2.17. The predicted octanol–water partition coefficient (Wildman–Crippen LogP) is 1.54. The number of ether oxygens (including phenoxy) is 1. The van der Waals surface area contributed by atoms with Gasteiger partial charge in [-0.1, -0.05) is 5.70 Å². The fourth-order valence-corrected chi connectivity index (χ4v) is 4.96. The van der Waals surface area contributed by atoms with Crippen LogP contribution < -0.4 is 0 Å². The summed E-state index contributed by atoms with van der Waals surface area (Å²) in [6.45, 7) is 9.14. The third-order valence-electron chi connectivity index (χ3n) is 2.41. The fourth-order valence-electron chi connectivity index (χ4n) is 1.31. The zero-order chi connectivity index (χ0) is 9.73. The molecule has 0 aromatic carbocycles. The van der Waals surface area contributed by atoms with E-state index in [0.29, 0.717) is 5.73 Å². The van der Waals surface area contributed by atoms with E-state index >= 15 is 0 Å². The lowest BCUT2D eigenvalue weighted by Gasteiger charge is -2.26. The maximum absolute atomic E-state index is 5.95. The largest absolute Gasteiger partial charge is 0.455 e. The van der Waals surface area contributed by atoms with Gasteiger partial charge in [0.05, 0.1) is 5.73 Å². The van der Waals surface area contributed by atoms with E-state index in [1.54, 1.807) is 0 Å². The third-order valence-corrected chi connectivity index (χ3v) is 8.05. The van der Waals surface area contributed by atoms with Crippen molar-refractivity contribution in [3.05, 3.63) is 12.3 Å². The van der Waals surface area contributed by atoms with Crippen LogP contribution in [0.4, 0.5) is 0 Å². The van der Waals surface area contributed by atoms with Gasteiger partial charge in [0, 0.05) is 6.61 Å². The number of hydrogen-bond acceptors (Lipinski definition) is 2. The monoisotopic (exact) mass is 216 g/mol. The lowest BCUT2D eigenvalue weighted by atomic mass is 10.2. The Morgan fingerprint density at radius 3 is 2.85 bits per heavy atom. The summed E-state index contributed by atoms with van der Waals surface area (Å²) in [5.74, 6) is 0. The van der Waals surface area contributed by atoms with Crippen LogP contribution in [-0.4, -0.2) is 30.4 Å². The highest BCUT2D eigenvalue weighted by Crippen LogP contribution is 2.13. The highest BCUT2D eigenvalue weighted by atomic mass is 28.4. The summed E-state index contributed by atoms with van der Waals surface area (Å²) in [6.07, 6.45) is 3.76. The van der Waals surface area contributed by atoms with Crippen molar-refractivity contribution in [2.45, 2.75) is 38.1 Å². The van der Waals surface area contributed by atoms with Gasteiger partial charge in [0.25, 0.3) is 0 Å². The molecule has 1 saturated heterocycles. The van der Waals surface area contributed by atoms with Gasteiger partial charge in [0.2, 0.25) is 0 Å². The van der Waals surface area contributed by atoms with E-state index in [4.69, 9.17) is 8.85 Å². The molecule has 76 valence electrons. The minimum atomic E-state index is -1.52. The zero-order valence-electron chi connectivity index (χ0n) is 8.71. The first kappa shape index (κ1) is 11.2. The molecule has 0 bridgehead atoms. The molecule has 0 N–H and O–H groups in total. The van der Waals surface area contributed by atoms with Gasteiger partial charge in [-0.2, -0.15) is 0 Å². The summed E-state index contributed by atoms with van der Waals surface area (Å²) in [4.78, 5) is 0. The SMILES string of the molecule is C=C[Si](C)(C)O[SiH2]C1CCCCO1. The highest BCUT2D eigenvalue weighted by Gasteiger charge is 2.21.